The van der Waals surface area contributed by atoms with Crippen LogP contribution in [0.25, 0.3) is 0 Å². The lowest BCUT2D eigenvalue weighted by atomic mass is 10.1. The number of carbonyl (C=O) groups is 1. The van der Waals surface area contributed by atoms with Crippen LogP contribution in [-0.4, -0.2) is 24.3 Å². The van der Waals surface area contributed by atoms with Gasteiger partial charge in [-0.1, -0.05) is 17.7 Å². The van der Waals surface area contributed by atoms with Gasteiger partial charge in [-0.15, -0.1) is 0 Å². The van der Waals surface area contributed by atoms with Crippen LogP contribution >= 0.6 is 11.6 Å². The zero-order valence-corrected chi connectivity index (χ0v) is 10.00. The van der Waals surface area contributed by atoms with Gasteiger partial charge in [-0.2, -0.15) is 0 Å². The van der Waals surface area contributed by atoms with Gasteiger partial charge in [0.05, 0.1) is 5.02 Å². The minimum absolute atomic E-state index is 0.144. The number of rotatable bonds is 4. The van der Waals surface area contributed by atoms with Crippen molar-refractivity contribution < 1.29 is 19.4 Å². The van der Waals surface area contributed by atoms with Gasteiger partial charge in [0.15, 0.2) is 11.5 Å². The van der Waals surface area contributed by atoms with Crippen molar-refractivity contribution in [1.82, 2.24) is 0 Å². The summed E-state index contributed by atoms with van der Waals surface area (Å²) in [6.45, 7) is 1.02. The lowest BCUT2D eigenvalue weighted by Crippen LogP contribution is -2.16. The molecule has 0 atom stereocenters. The average molecular weight is 257 g/mol. The molecule has 1 heterocycles. The summed E-state index contributed by atoms with van der Waals surface area (Å²) in [7, 11) is 0. The van der Waals surface area contributed by atoms with E-state index in [1.807, 2.05) is 12.1 Å². The van der Waals surface area contributed by atoms with Crippen LogP contribution in [0.4, 0.5) is 0 Å². The minimum Gasteiger partial charge on any atom is -0.486 e. The predicted molar refractivity (Wildman–Crippen MR) is 63.0 cm³/mol. The Labute approximate surface area is 104 Å². The quantitative estimate of drug-likeness (QED) is 0.899. The minimum atomic E-state index is -0.793. The SMILES string of the molecule is O=C(O)CCCc1ccc2c(c1Cl)OCCO2. The number of hydrogen-bond acceptors (Lipinski definition) is 3. The Hall–Kier alpha value is -1.42. The lowest BCUT2D eigenvalue weighted by Gasteiger charge is -2.20. The molecule has 0 radical (unpaired) electrons. The van der Waals surface area contributed by atoms with Gasteiger partial charge in [0.25, 0.3) is 0 Å². The number of ether oxygens (including phenoxy) is 2. The van der Waals surface area contributed by atoms with Crippen molar-refractivity contribution in [2.45, 2.75) is 19.3 Å². The maximum atomic E-state index is 10.4. The molecule has 92 valence electrons. The molecule has 0 amide bonds. The summed E-state index contributed by atoms with van der Waals surface area (Å²) in [6, 6.07) is 3.67. The summed E-state index contributed by atoms with van der Waals surface area (Å²) in [5, 5.41) is 9.11. The zero-order valence-electron chi connectivity index (χ0n) is 9.24. The van der Waals surface area contributed by atoms with Gasteiger partial charge in [0.2, 0.25) is 0 Å². The highest BCUT2D eigenvalue weighted by molar-refractivity contribution is 6.33. The van der Waals surface area contributed by atoms with Crippen molar-refractivity contribution in [1.29, 1.82) is 0 Å². The summed E-state index contributed by atoms with van der Waals surface area (Å²) in [5.74, 6) is 0.438. The third kappa shape index (κ3) is 2.82. The van der Waals surface area contributed by atoms with E-state index < -0.39 is 5.97 Å². The Bertz CT molecular complexity index is 431. The molecule has 4 nitrogen and oxygen atoms in total. The van der Waals surface area contributed by atoms with Crippen LogP contribution in [0.5, 0.6) is 11.5 Å². The Morgan fingerprint density at radius 2 is 2.12 bits per heavy atom. The Morgan fingerprint density at radius 1 is 1.35 bits per heavy atom. The maximum Gasteiger partial charge on any atom is 0.303 e. The summed E-state index contributed by atoms with van der Waals surface area (Å²) in [4.78, 5) is 10.4. The van der Waals surface area contributed by atoms with Gasteiger partial charge >= 0.3 is 5.97 Å². The van der Waals surface area contributed by atoms with Crippen LogP contribution < -0.4 is 9.47 Å². The number of fused-ring (bicyclic) bond motifs is 1. The first kappa shape index (κ1) is 12.0. The second kappa shape index (κ2) is 5.27. The monoisotopic (exact) mass is 256 g/mol. The molecule has 1 N–H and O–H groups in total. The largest absolute Gasteiger partial charge is 0.486 e. The highest BCUT2D eigenvalue weighted by Crippen LogP contribution is 2.39. The molecule has 5 heteroatoms. The molecule has 1 aromatic rings. The summed E-state index contributed by atoms with van der Waals surface area (Å²) in [5.41, 5.74) is 0.900. The average Bonchev–Trinajstić information content (AvgIpc) is 2.32. The molecule has 1 aliphatic rings. The normalized spacial score (nSPS) is 13.5. The van der Waals surface area contributed by atoms with E-state index in [1.54, 1.807) is 0 Å². The molecule has 2 rings (SSSR count). The van der Waals surface area contributed by atoms with E-state index in [9.17, 15) is 4.79 Å². The van der Waals surface area contributed by atoms with E-state index in [4.69, 9.17) is 26.2 Å². The molecule has 0 unspecified atom stereocenters. The molecule has 0 aromatic heterocycles. The van der Waals surface area contributed by atoms with Gasteiger partial charge in [0.1, 0.15) is 13.2 Å². The van der Waals surface area contributed by atoms with E-state index in [0.29, 0.717) is 42.6 Å². The van der Waals surface area contributed by atoms with Crippen LogP contribution in [-0.2, 0) is 11.2 Å². The molecule has 1 aliphatic heterocycles. The van der Waals surface area contributed by atoms with Crippen LogP contribution in [0, 0.1) is 0 Å². The van der Waals surface area contributed by atoms with E-state index in [0.717, 1.165) is 5.56 Å². The molecular weight excluding hydrogens is 244 g/mol. The summed E-state index contributed by atoms with van der Waals surface area (Å²) in [6.07, 6.45) is 1.33. The standard InChI is InChI=1S/C12H13ClO4/c13-11-8(2-1-3-10(14)15)4-5-9-12(11)17-7-6-16-9/h4-5H,1-3,6-7H2,(H,14,15). The highest BCUT2D eigenvalue weighted by atomic mass is 35.5. The number of halogens is 1. The number of aryl methyl sites for hydroxylation is 1. The first-order valence-corrected chi connectivity index (χ1v) is 5.85. The third-order valence-electron chi connectivity index (χ3n) is 2.57. The van der Waals surface area contributed by atoms with Crippen molar-refractivity contribution in [2.75, 3.05) is 13.2 Å². The van der Waals surface area contributed by atoms with Crippen LogP contribution in [0.3, 0.4) is 0 Å². The van der Waals surface area contributed by atoms with E-state index in [-0.39, 0.29) is 6.42 Å². The first-order valence-electron chi connectivity index (χ1n) is 5.47. The smallest absolute Gasteiger partial charge is 0.303 e. The first-order chi connectivity index (χ1) is 8.18. The molecule has 0 spiro atoms. The topological polar surface area (TPSA) is 55.8 Å². The molecule has 0 aliphatic carbocycles. The highest BCUT2D eigenvalue weighted by Gasteiger charge is 2.17. The van der Waals surface area contributed by atoms with Gasteiger partial charge in [-0.3, -0.25) is 4.79 Å². The molecule has 17 heavy (non-hydrogen) atoms. The predicted octanol–water partition coefficient (Wildman–Crippen LogP) is 2.52. The second-order valence-corrected chi connectivity index (χ2v) is 4.19. The Kier molecular flexibility index (Phi) is 3.74. The molecular formula is C12H13ClO4. The molecule has 0 saturated carbocycles. The Morgan fingerprint density at radius 3 is 2.88 bits per heavy atom. The van der Waals surface area contributed by atoms with Crippen molar-refractivity contribution in [3.05, 3.63) is 22.7 Å². The molecule has 1 aromatic carbocycles. The van der Waals surface area contributed by atoms with Crippen LogP contribution in [0.15, 0.2) is 12.1 Å². The number of carboxylic acid groups (broad SMARTS) is 1. The molecule has 0 fully saturated rings. The van der Waals surface area contributed by atoms with Gasteiger partial charge in [-0.05, 0) is 24.5 Å². The fraction of sp³-hybridized carbons (Fsp3) is 0.417. The van der Waals surface area contributed by atoms with Gasteiger partial charge < -0.3 is 14.6 Å². The molecule has 0 saturated heterocycles. The van der Waals surface area contributed by atoms with Crippen molar-refractivity contribution >= 4 is 17.6 Å². The van der Waals surface area contributed by atoms with Gasteiger partial charge in [0, 0.05) is 6.42 Å². The van der Waals surface area contributed by atoms with E-state index in [1.165, 1.54) is 0 Å². The van der Waals surface area contributed by atoms with E-state index >= 15 is 0 Å². The third-order valence-corrected chi connectivity index (χ3v) is 2.98. The zero-order chi connectivity index (χ0) is 12.3. The Balaban J connectivity index is 2.10. The van der Waals surface area contributed by atoms with Crippen molar-refractivity contribution in [2.24, 2.45) is 0 Å². The molecule has 0 bridgehead atoms. The lowest BCUT2D eigenvalue weighted by molar-refractivity contribution is -0.137. The van der Waals surface area contributed by atoms with Gasteiger partial charge in [-0.25, -0.2) is 0 Å². The number of aliphatic carboxylic acids is 1. The van der Waals surface area contributed by atoms with Crippen molar-refractivity contribution in [3.8, 4) is 11.5 Å². The fourth-order valence-electron chi connectivity index (χ4n) is 1.75. The summed E-state index contributed by atoms with van der Waals surface area (Å²) < 4.78 is 10.8. The fourth-order valence-corrected chi connectivity index (χ4v) is 2.05. The number of hydrogen-bond donors (Lipinski definition) is 1. The van der Waals surface area contributed by atoms with Crippen molar-refractivity contribution in [3.63, 3.8) is 0 Å². The van der Waals surface area contributed by atoms with Crippen LogP contribution in [0.2, 0.25) is 5.02 Å². The number of carboxylic acids is 1. The number of benzene rings is 1. The van der Waals surface area contributed by atoms with E-state index in [2.05, 4.69) is 0 Å². The van der Waals surface area contributed by atoms with Crippen LogP contribution in [0.1, 0.15) is 18.4 Å². The maximum absolute atomic E-state index is 10.4. The second-order valence-electron chi connectivity index (χ2n) is 3.81. The summed E-state index contributed by atoms with van der Waals surface area (Å²) >= 11 is 6.19.